The zero-order valence-electron chi connectivity index (χ0n) is 17.1. The van der Waals surface area contributed by atoms with E-state index in [-0.39, 0.29) is 11.3 Å². The Morgan fingerprint density at radius 1 is 0.931 bits per heavy atom. The molecule has 0 radical (unpaired) electrons. The first kappa shape index (κ1) is 18.7. The van der Waals surface area contributed by atoms with Crippen LogP contribution in [0, 0.1) is 23.2 Å². The summed E-state index contributed by atoms with van der Waals surface area (Å²) >= 11 is 0. The molecule has 2 aromatic rings. The van der Waals surface area contributed by atoms with Gasteiger partial charge in [0.2, 0.25) is 5.91 Å². The van der Waals surface area contributed by atoms with E-state index in [4.69, 9.17) is 4.74 Å². The van der Waals surface area contributed by atoms with Crippen LogP contribution in [0.3, 0.4) is 0 Å². The number of ether oxygens (including phenoxy) is 1. The summed E-state index contributed by atoms with van der Waals surface area (Å²) in [6.07, 6.45) is 9.37. The van der Waals surface area contributed by atoms with Gasteiger partial charge in [0.05, 0.1) is 12.0 Å². The highest BCUT2D eigenvalue weighted by molar-refractivity contribution is 5.95. The van der Waals surface area contributed by atoms with Crippen LogP contribution in [0.5, 0.6) is 5.75 Å². The Labute approximate surface area is 173 Å². The molecule has 3 nitrogen and oxygen atoms in total. The van der Waals surface area contributed by atoms with E-state index in [9.17, 15) is 4.79 Å². The summed E-state index contributed by atoms with van der Waals surface area (Å²) in [6, 6.07) is 18.4. The summed E-state index contributed by atoms with van der Waals surface area (Å²) in [4.78, 5) is 13.2. The van der Waals surface area contributed by atoms with Gasteiger partial charge in [-0.2, -0.15) is 0 Å². The van der Waals surface area contributed by atoms with E-state index in [2.05, 4.69) is 29.6 Å². The van der Waals surface area contributed by atoms with Crippen molar-refractivity contribution < 1.29 is 9.53 Å². The maximum absolute atomic E-state index is 13.2. The van der Waals surface area contributed by atoms with Crippen LogP contribution in [0.15, 0.2) is 54.6 Å². The molecule has 6 rings (SSSR count). The van der Waals surface area contributed by atoms with Crippen LogP contribution in [-0.4, -0.2) is 12.5 Å². The van der Waals surface area contributed by atoms with Gasteiger partial charge in [0.25, 0.3) is 0 Å². The number of hydrogen-bond acceptors (Lipinski definition) is 2. The van der Waals surface area contributed by atoms with Crippen molar-refractivity contribution in [1.29, 1.82) is 0 Å². The van der Waals surface area contributed by atoms with Crippen molar-refractivity contribution in [1.82, 2.24) is 0 Å². The normalized spacial score (nSPS) is 29.6. The number of rotatable bonds is 7. The van der Waals surface area contributed by atoms with Gasteiger partial charge in [-0.25, -0.2) is 0 Å². The Morgan fingerprint density at radius 2 is 1.62 bits per heavy atom. The van der Waals surface area contributed by atoms with Crippen LogP contribution in [0.25, 0.3) is 0 Å². The lowest BCUT2D eigenvalue weighted by Crippen LogP contribution is -2.51. The third-order valence-electron chi connectivity index (χ3n) is 7.33. The lowest BCUT2D eigenvalue weighted by Gasteiger charge is -2.55. The molecule has 1 N–H and O–H groups in total. The van der Waals surface area contributed by atoms with Crippen LogP contribution in [0.4, 0.5) is 5.69 Å². The van der Waals surface area contributed by atoms with E-state index in [1.807, 2.05) is 30.3 Å². The van der Waals surface area contributed by atoms with E-state index in [0.717, 1.165) is 61.3 Å². The summed E-state index contributed by atoms with van der Waals surface area (Å²) in [5, 5.41) is 3.24. The summed E-state index contributed by atoms with van der Waals surface area (Å²) < 4.78 is 5.95. The third kappa shape index (κ3) is 4.05. The minimum atomic E-state index is -0.110. The van der Waals surface area contributed by atoms with Gasteiger partial charge in [0.1, 0.15) is 5.75 Å². The molecule has 2 aromatic carbocycles. The number of nitrogens with one attached hydrogen (secondary N) is 1. The second-order valence-electron chi connectivity index (χ2n) is 9.62. The molecule has 4 aliphatic carbocycles. The summed E-state index contributed by atoms with van der Waals surface area (Å²) in [7, 11) is 0. The molecule has 29 heavy (non-hydrogen) atoms. The molecule has 0 unspecified atom stereocenters. The Hall–Kier alpha value is -2.29. The zero-order valence-corrected chi connectivity index (χ0v) is 17.1. The van der Waals surface area contributed by atoms with Crippen LogP contribution in [-0.2, 0) is 11.2 Å². The molecule has 0 atom stereocenters. The van der Waals surface area contributed by atoms with Crippen LogP contribution < -0.4 is 10.1 Å². The Kier molecular flexibility index (Phi) is 5.07. The standard InChI is InChI=1S/C26H31NO2/c28-25(26-16-20-12-21(17-26)14-22(13-20)18-26)27-23-9-4-10-24(15-23)29-11-5-8-19-6-2-1-3-7-19/h1-4,6-7,9-10,15,20-22H,5,8,11-14,16-18H2,(H,27,28). The number of carbonyl (C=O) groups is 1. The second-order valence-corrected chi connectivity index (χ2v) is 9.62. The second kappa shape index (κ2) is 7.85. The summed E-state index contributed by atoms with van der Waals surface area (Å²) in [6.45, 7) is 0.682. The molecule has 4 aliphatic rings. The number of hydrogen-bond donors (Lipinski definition) is 1. The minimum absolute atomic E-state index is 0.110. The van der Waals surface area contributed by atoms with Gasteiger partial charge in [0.15, 0.2) is 0 Å². The average molecular weight is 390 g/mol. The van der Waals surface area contributed by atoms with Crippen LogP contribution >= 0.6 is 0 Å². The molecule has 0 aliphatic heterocycles. The highest BCUT2D eigenvalue weighted by Gasteiger charge is 2.54. The fraction of sp³-hybridized carbons (Fsp3) is 0.500. The average Bonchev–Trinajstić information content (AvgIpc) is 2.71. The zero-order chi connectivity index (χ0) is 19.7. The van der Waals surface area contributed by atoms with Crippen molar-refractivity contribution in [2.24, 2.45) is 23.2 Å². The quantitative estimate of drug-likeness (QED) is 0.603. The van der Waals surface area contributed by atoms with Gasteiger partial charge in [-0.05, 0) is 86.8 Å². The van der Waals surface area contributed by atoms with E-state index in [0.29, 0.717) is 6.61 Å². The van der Waals surface area contributed by atoms with Crippen molar-refractivity contribution in [3.8, 4) is 5.75 Å². The van der Waals surface area contributed by atoms with E-state index < -0.39 is 0 Å². The molecule has 0 aromatic heterocycles. The molecule has 0 spiro atoms. The molecular weight excluding hydrogens is 358 g/mol. The largest absolute Gasteiger partial charge is 0.494 e. The maximum atomic E-state index is 13.2. The molecule has 3 heteroatoms. The van der Waals surface area contributed by atoms with Gasteiger partial charge < -0.3 is 10.1 Å². The molecular formula is C26H31NO2. The Balaban J connectivity index is 1.16. The monoisotopic (exact) mass is 389 g/mol. The van der Waals surface area contributed by atoms with Gasteiger partial charge >= 0.3 is 0 Å². The van der Waals surface area contributed by atoms with Crippen molar-refractivity contribution >= 4 is 11.6 Å². The van der Waals surface area contributed by atoms with E-state index in [1.165, 1.54) is 24.8 Å². The first-order valence-electron chi connectivity index (χ1n) is 11.3. The van der Waals surface area contributed by atoms with Gasteiger partial charge in [-0.1, -0.05) is 36.4 Å². The smallest absolute Gasteiger partial charge is 0.230 e. The summed E-state index contributed by atoms with van der Waals surface area (Å²) in [5.41, 5.74) is 2.10. The number of anilines is 1. The van der Waals surface area contributed by atoms with Gasteiger partial charge in [-0.15, -0.1) is 0 Å². The van der Waals surface area contributed by atoms with Gasteiger partial charge in [0, 0.05) is 11.8 Å². The Bertz CT molecular complexity index is 825. The molecule has 152 valence electrons. The predicted molar refractivity (Wildman–Crippen MR) is 116 cm³/mol. The highest BCUT2D eigenvalue weighted by atomic mass is 16.5. The molecule has 4 saturated carbocycles. The highest BCUT2D eigenvalue weighted by Crippen LogP contribution is 2.60. The molecule has 0 saturated heterocycles. The number of amides is 1. The van der Waals surface area contributed by atoms with Crippen LogP contribution in [0.1, 0.15) is 50.5 Å². The summed E-state index contributed by atoms with van der Waals surface area (Å²) in [5.74, 6) is 3.43. The van der Waals surface area contributed by atoms with Crippen molar-refractivity contribution in [3.63, 3.8) is 0 Å². The first-order valence-corrected chi connectivity index (χ1v) is 11.3. The number of carbonyl (C=O) groups excluding carboxylic acids is 1. The van der Waals surface area contributed by atoms with E-state index >= 15 is 0 Å². The minimum Gasteiger partial charge on any atom is -0.494 e. The first-order chi connectivity index (χ1) is 14.2. The fourth-order valence-electron chi connectivity index (χ4n) is 6.43. The maximum Gasteiger partial charge on any atom is 0.230 e. The Morgan fingerprint density at radius 3 is 2.31 bits per heavy atom. The molecule has 4 fully saturated rings. The molecule has 0 heterocycles. The number of aryl methyl sites for hydroxylation is 1. The van der Waals surface area contributed by atoms with Crippen molar-refractivity contribution in [3.05, 3.63) is 60.2 Å². The van der Waals surface area contributed by atoms with Crippen molar-refractivity contribution in [2.45, 2.75) is 51.4 Å². The number of benzene rings is 2. The lowest BCUT2D eigenvalue weighted by molar-refractivity contribution is -0.140. The van der Waals surface area contributed by atoms with E-state index in [1.54, 1.807) is 0 Å². The molecule has 1 amide bonds. The topological polar surface area (TPSA) is 38.3 Å². The third-order valence-corrected chi connectivity index (χ3v) is 7.33. The fourth-order valence-corrected chi connectivity index (χ4v) is 6.43. The van der Waals surface area contributed by atoms with Gasteiger partial charge in [-0.3, -0.25) is 4.79 Å². The lowest BCUT2D eigenvalue weighted by atomic mass is 9.49. The van der Waals surface area contributed by atoms with Crippen molar-refractivity contribution in [2.75, 3.05) is 11.9 Å². The SMILES string of the molecule is O=C(Nc1cccc(OCCCc2ccccc2)c1)C12CC3CC(CC(C3)C1)C2. The molecule has 4 bridgehead atoms. The van der Waals surface area contributed by atoms with Crippen LogP contribution in [0.2, 0.25) is 0 Å². The predicted octanol–water partition coefficient (Wildman–Crippen LogP) is 5.85.